The number of aromatic nitrogens is 1. The predicted molar refractivity (Wildman–Crippen MR) is 66.6 cm³/mol. The third-order valence-corrected chi connectivity index (χ3v) is 3.65. The molecule has 104 valence electrons. The van der Waals surface area contributed by atoms with E-state index in [1.54, 1.807) is 12.1 Å². The molecule has 3 nitrogen and oxygen atoms in total. The number of pyridine rings is 1. The summed E-state index contributed by atoms with van der Waals surface area (Å²) in [6, 6.07) is 3.13. The van der Waals surface area contributed by atoms with E-state index in [4.69, 9.17) is 0 Å². The molecule has 1 aromatic rings. The molecular weight excluding hydrogens is 325 g/mol. The van der Waals surface area contributed by atoms with Crippen molar-refractivity contribution in [1.82, 2.24) is 9.88 Å². The van der Waals surface area contributed by atoms with E-state index in [1.165, 1.54) is 11.1 Å². The van der Waals surface area contributed by atoms with Crippen LogP contribution in [-0.4, -0.2) is 35.1 Å². The molecule has 1 fully saturated rings. The number of carbonyl (C=O) groups excluding carboxylic acids is 1. The zero-order valence-corrected chi connectivity index (χ0v) is 11.5. The lowest BCUT2D eigenvalue weighted by atomic mass is 9.96. The zero-order valence-electron chi connectivity index (χ0n) is 9.95. The molecule has 0 N–H and O–H groups in total. The van der Waals surface area contributed by atoms with Crippen molar-refractivity contribution in [2.75, 3.05) is 13.1 Å². The van der Waals surface area contributed by atoms with Gasteiger partial charge in [0, 0.05) is 24.8 Å². The third kappa shape index (κ3) is 3.46. The summed E-state index contributed by atoms with van der Waals surface area (Å²) < 4.78 is 38.1. The highest BCUT2D eigenvalue weighted by atomic mass is 79.9. The van der Waals surface area contributed by atoms with Crippen molar-refractivity contribution in [2.45, 2.75) is 19.0 Å². The van der Waals surface area contributed by atoms with Gasteiger partial charge in [-0.1, -0.05) is 0 Å². The molecule has 1 aliphatic heterocycles. The molecule has 1 saturated heterocycles. The Labute approximate surface area is 116 Å². The second kappa shape index (κ2) is 5.48. The van der Waals surface area contributed by atoms with Crippen LogP contribution in [0.5, 0.6) is 0 Å². The zero-order chi connectivity index (χ0) is 14.0. The van der Waals surface area contributed by atoms with Crippen molar-refractivity contribution in [2.24, 2.45) is 5.92 Å². The fourth-order valence-electron chi connectivity index (χ4n) is 2.13. The minimum absolute atomic E-state index is 0.0263. The second-order valence-corrected chi connectivity index (χ2v) is 5.29. The normalized spacial score (nSPS) is 17.6. The van der Waals surface area contributed by atoms with Gasteiger partial charge in [-0.25, -0.2) is 4.98 Å². The molecule has 0 radical (unpaired) electrons. The first-order valence-corrected chi connectivity index (χ1v) is 6.65. The Hall–Kier alpha value is -1.11. The number of amides is 1. The van der Waals surface area contributed by atoms with Gasteiger partial charge in [-0.05, 0) is 40.9 Å². The van der Waals surface area contributed by atoms with Gasteiger partial charge in [0.05, 0.1) is 5.92 Å². The summed E-state index contributed by atoms with van der Waals surface area (Å²) in [5, 5.41) is 0. The molecule has 1 aromatic heterocycles. The summed E-state index contributed by atoms with van der Waals surface area (Å²) in [6.45, 7) is 0.284. The van der Waals surface area contributed by atoms with Crippen LogP contribution in [0, 0.1) is 5.92 Å². The summed E-state index contributed by atoms with van der Waals surface area (Å²) in [6.07, 6.45) is -2.72. The van der Waals surface area contributed by atoms with Gasteiger partial charge in [0.15, 0.2) is 0 Å². The molecule has 19 heavy (non-hydrogen) atoms. The summed E-state index contributed by atoms with van der Waals surface area (Å²) in [5.41, 5.74) is 0.437. The molecule has 2 heterocycles. The van der Waals surface area contributed by atoms with Crippen LogP contribution in [0.2, 0.25) is 0 Å². The lowest BCUT2D eigenvalue weighted by Gasteiger charge is -2.32. The molecule has 7 heteroatoms. The quantitative estimate of drug-likeness (QED) is 0.737. The number of halogens is 4. The first kappa shape index (κ1) is 14.3. The Morgan fingerprint density at radius 2 is 2.00 bits per heavy atom. The Kier molecular flexibility index (Phi) is 4.13. The fraction of sp³-hybridized carbons (Fsp3) is 0.500. The average molecular weight is 337 g/mol. The molecule has 0 spiro atoms. The van der Waals surface area contributed by atoms with E-state index in [1.807, 2.05) is 0 Å². The maximum Gasteiger partial charge on any atom is 0.391 e. The highest BCUT2D eigenvalue weighted by molar-refractivity contribution is 9.10. The molecular formula is C12H12BrF3N2O. The molecule has 1 aliphatic rings. The van der Waals surface area contributed by atoms with Gasteiger partial charge in [0.25, 0.3) is 5.91 Å². The molecule has 0 aliphatic carbocycles. The van der Waals surface area contributed by atoms with Gasteiger partial charge in [-0.15, -0.1) is 0 Å². The van der Waals surface area contributed by atoms with Crippen LogP contribution in [0.15, 0.2) is 22.9 Å². The standard InChI is InChI=1S/C12H12BrF3N2O/c13-10-7-8(1-4-17-10)11(19)18-5-2-9(3-6-18)12(14,15)16/h1,4,7,9H,2-3,5-6H2. The van der Waals surface area contributed by atoms with E-state index in [0.717, 1.165) is 0 Å². The van der Waals surface area contributed by atoms with Gasteiger partial charge in [0.1, 0.15) is 4.60 Å². The molecule has 0 saturated carbocycles. The molecule has 1 amide bonds. The summed E-state index contributed by atoms with van der Waals surface area (Å²) >= 11 is 3.16. The second-order valence-electron chi connectivity index (χ2n) is 4.48. The van der Waals surface area contributed by atoms with Crippen LogP contribution in [0.3, 0.4) is 0 Å². The van der Waals surface area contributed by atoms with Crippen LogP contribution in [0.1, 0.15) is 23.2 Å². The van der Waals surface area contributed by atoms with Gasteiger partial charge < -0.3 is 4.90 Å². The van der Waals surface area contributed by atoms with E-state index in [2.05, 4.69) is 20.9 Å². The lowest BCUT2D eigenvalue weighted by molar-refractivity contribution is -0.183. The Balaban J connectivity index is 2.00. The summed E-state index contributed by atoms with van der Waals surface area (Å²) in [5.74, 6) is -1.54. The number of alkyl halides is 3. The number of hydrogen-bond acceptors (Lipinski definition) is 2. The van der Waals surface area contributed by atoms with Crippen molar-refractivity contribution in [3.05, 3.63) is 28.5 Å². The SMILES string of the molecule is O=C(c1ccnc(Br)c1)N1CCC(C(F)(F)F)CC1. The molecule has 0 bridgehead atoms. The molecule has 0 atom stereocenters. The minimum Gasteiger partial charge on any atom is -0.339 e. The predicted octanol–water partition coefficient (Wildman–Crippen LogP) is 3.26. The van der Waals surface area contributed by atoms with E-state index in [-0.39, 0.29) is 31.8 Å². The number of carbonyl (C=O) groups is 1. The lowest BCUT2D eigenvalue weighted by Crippen LogP contribution is -2.42. The van der Waals surface area contributed by atoms with E-state index >= 15 is 0 Å². The maximum atomic E-state index is 12.5. The number of likely N-dealkylation sites (tertiary alicyclic amines) is 1. The average Bonchev–Trinajstić information content (AvgIpc) is 2.37. The number of piperidine rings is 1. The van der Waals surface area contributed by atoms with Crippen LogP contribution >= 0.6 is 15.9 Å². The first-order chi connectivity index (χ1) is 8.88. The largest absolute Gasteiger partial charge is 0.391 e. The first-order valence-electron chi connectivity index (χ1n) is 5.85. The van der Waals surface area contributed by atoms with Crippen molar-refractivity contribution in [3.8, 4) is 0 Å². The van der Waals surface area contributed by atoms with E-state index < -0.39 is 12.1 Å². The number of hydrogen-bond donors (Lipinski definition) is 0. The van der Waals surface area contributed by atoms with Crippen molar-refractivity contribution >= 4 is 21.8 Å². The maximum absolute atomic E-state index is 12.5. The fourth-order valence-corrected chi connectivity index (χ4v) is 2.49. The number of rotatable bonds is 1. The Morgan fingerprint density at radius 1 is 1.37 bits per heavy atom. The highest BCUT2D eigenvalue weighted by Crippen LogP contribution is 2.34. The summed E-state index contributed by atoms with van der Waals surface area (Å²) in [7, 11) is 0. The minimum atomic E-state index is -4.16. The van der Waals surface area contributed by atoms with Crippen LogP contribution in [0.4, 0.5) is 13.2 Å². The van der Waals surface area contributed by atoms with Crippen molar-refractivity contribution in [1.29, 1.82) is 0 Å². The number of nitrogens with zero attached hydrogens (tertiary/aromatic N) is 2. The van der Waals surface area contributed by atoms with Crippen LogP contribution in [0.25, 0.3) is 0 Å². The van der Waals surface area contributed by atoms with Crippen LogP contribution < -0.4 is 0 Å². The van der Waals surface area contributed by atoms with Crippen LogP contribution in [-0.2, 0) is 0 Å². The van der Waals surface area contributed by atoms with Gasteiger partial charge in [-0.2, -0.15) is 13.2 Å². The van der Waals surface area contributed by atoms with Gasteiger partial charge in [-0.3, -0.25) is 4.79 Å². The Bertz CT molecular complexity index is 470. The smallest absolute Gasteiger partial charge is 0.339 e. The monoisotopic (exact) mass is 336 g/mol. The molecule has 0 aromatic carbocycles. The van der Waals surface area contributed by atoms with Crippen molar-refractivity contribution in [3.63, 3.8) is 0 Å². The Morgan fingerprint density at radius 3 is 2.53 bits per heavy atom. The topological polar surface area (TPSA) is 33.2 Å². The van der Waals surface area contributed by atoms with E-state index in [9.17, 15) is 18.0 Å². The molecule has 0 unspecified atom stereocenters. The highest BCUT2D eigenvalue weighted by Gasteiger charge is 2.41. The van der Waals surface area contributed by atoms with E-state index in [0.29, 0.717) is 10.2 Å². The van der Waals surface area contributed by atoms with Crippen molar-refractivity contribution < 1.29 is 18.0 Å². The van der Waals surface area contributed by atoms with Gasteiger partial charge >= 0.3 is 6.18 Å². The third-order valence-electron chi connectivity index (χ3n) is 3.22. The van der Waals surface area contributed by atoms with Gasteiger partial charge in [0.2, 0.25) is 0 Å². The summed E-state index contributed by atoms with van der Waals surface area (Å²) in [4.78, 5) is 17.5. The molecule has 2 rings (SSSR count).